The number of rotatable bonds is 12. The second kappa shape index (κ2) is 12.4. The third-order valence-corrected chi connectivity index (χ3v) is 6.00. The Kier molecular flexibility index (Phi) is 9.27. The van der Waals surface area contributed by atoms with Gasteiger partial charge in [-0.05, 0) is 60.1 Å². The van der Waals surface area contributed by atoms with Gasteiger partial charge in [0.1, 0.15) is 0 Å². The first-order chi connectivity index (χ1) is 15.2. The smallest absolute Gasteiger partial charge is 0.220 e. The summed E-state index contributed by atoms with van der Waals surface area (Å²) in [7, 11) is 0. The first-order valence-electron chi connectivity index (χ1n) is 12.1. The molecule has 0 aliphatic rings. The lowest BCUT2D eigenvalue weighted by molar-refractivity contribution is 0.573. The second-order valence-corrected chi connectivity index (χ2v) is 8.54. The molecule has 1 heterocycles. The summed E-state index contributed by atoms with van der Waals surface area (Å²) in [6.07, 6.45) is 11.8. The number of hydrogen-bond donors (Lipinski definition) is 0. The number of aryl methyl sites for hydroxylation is 2. The van der Waals surface area contributed by atoms with E-state index < -0.39 is 0 Å². The van der Waals surface area contributed by atoms with E-state index in [1.165, 1.54) is 56.1 Å². The van der Waals surface area contributed by atoms with E-state index in [9.17, 15) is 4.39 Å². The first kappa shape index (κ1) is 23.2. The van der Waals surface area contributed by atoms with Gasteiger partial charge in [-0.1, -0.05) is 101 Å². The highest BCUT2D eigenvalue weighted by Gasteiger charge is 2.09. The van der Waals surface area contributed by atoms with Crippen LogP contribution in [0.3, 0.4) is 0 Å². The summed E-state index contributed by atoms with van der Waals surface area (Å²) < 4.78 is 14.6. The van der Waals surface area contributed by atoms with Gasteiger partial charge in [0, 0.05) is 11.3 Å². The summed E-state index contributed by atoms with van der Waals surface area (Å²) in [6, 6.07) is 20.8. The number of hydrogen-bond acceptors (Lipinski definition) is 1. The normalized spacial score (nSPS) is 11.1. The summed E-state index contributed by atoms with van der Waals surface area (Å²) in [4.78, 5) is 4.22. The maximum atomic E-state index is 14.6. The van der Waals surface area contributed by atoms with Crippen LogP contribution in [0.4, 0.5) is 4.39 Å². The van der Waals surface area contributed by atoms with Crippen LogP contribution in [-0.2, 0) is 12.8 Å². The maximum Gasteiger partial charge on any atom is 0.220 e. The lowest BCUT2D eigenvalue weighted by Crippen LogP contribution is -1.96. The number of nitrogens with zero attached hydrogens (tertiary/aromatic N) is 1. The van der Waals surface area contributed by atoms with Gasteiger partial charge in [0.25, 0.3) is 0 Å². The number of aromatic nitrogens is 1. The predicted octanol–water partition coefficient (Wildman–Crippen LogP) is 8.80. The zero-order valence-electron chi connectivity index (χ0n) is 19.2. The topological polar surface area (TPSA) is 12.9 Å². The fraction of sp³-hybridized carbons (Fsp3) is 0.414. The van der Waals surface area contributed by atoms with Gasteiger partial charge in [0.15, 0.2) is 0 Å². The van der Waals surface area contributed by atoms with Gasteiger partial charge < -0.3 is 0 Å². The van der Waals surface area contributed by atoms with E-state index >= 15 is 0 Å². The molecule has 0 N–H and O–H groups in total. The molecule has 2 aromatic carbocycles. The van der Waals surface area contributed by atoms with Crippen LogP contribution in [0.1, 0.15) is 76.5 Å². The Hall–Kier alpha value is -2.48. The molecule has 0 saturated carbocycles. The maximum absolute atomic E-state index is 14.6. The lowest BCUT2D eigenvalue weighted by atomic mass is 9.99. The Morgan fingerprint density at radius 1 is 0.581 bits per heavy atom. The Morgan fingerprint density at radius 2 is 1.13 bits per heavy atom. The van der Waals surface area contributed by atoms with E-state index in [0.29, 0.717) is 5.56 Å². The quantitative estimate of drug-likeness (QED) is 0.212. The van der Waals surface area contributed by atoms with E-state index in [-0.39, 0.29) is 5.95 Å². The molecule has 2 heteroatoms. The van der Waals surface area contributed by atoms with Crippen LogP contribution in [0.2, 0.25) is 0 Å². The number of pyridine rings is 1. The summed E-state index contributed by atoms with van der Waals surface area (Å²) in [5, 5.41) is 0. The van der Waals surface area contributed by atoms with E-state index in [1.54, 1.807) is 0 Å². The molecule has 0 fully saturated rings. The molecular weight excluding hydrogens is 381 g/mol. The average Bonchev–Trinajstić information content (AvgIpc) is 2.80. The van der Waals surface area contributed by atoms with Crippen molar-refractivity contribution in [3.63, 3.8) is 0 Å². The van der Waals surface area contributed by atoms with Crippen molar-refractivity contribution in [3.8, 4) is 22.3 Å². The standard InChI is InChI=1S/C29H36FN/c1-3-5-7-8-10-12-27-21-22-28(29(30)31-27)26-19-17-25(18-20-26)24-15-13-23(14-16-24)11-9-6-4-2/h13-22H,3-12H2,1-2H3. The molecule has 0 amide bonds. The fourth-order valence-electron chi connectivity index (χ4n) is 4.02. The van der Waals surface area contributed by atoms with Gasteiger partial charge >= 0.3 is 0 Å². The molecule has 0 atom stereocenters. The third-order valence-electron chi connectivity index (χ3n) is 6.00. The van der Waals surface area contributed by atoms with Crippen molar-refractivity contribution in [2.24, 2.45) is 0 Å². The predicted molar refractivity (Wildman–Crippen MR) is 131 cm³/mol. The number of unbranched alkanes of at least 4 members (excludes halogenated alkanes) is 6. The van der Waals surface area contributed by atoms with Gasteiger partial charge in [-0.3, -0.25) is 0 Å². The molecular formula is C29H36FN. The van der Waals surface area contributed by atoms with Crippen molar-refractivity contribution in [1.82, 2.24) is 4.98 Å². The molecule has 0 saturated heterocycles. The van der Waals surface area contributed by atoms with Crippen molar-refractivity contribution in [2.75, 3.05) is 0 Å². The average molecular weight is 418 g/mol. The van der Waals surface area contributed by atoms with Gasteiger partial charge in [0.05, 0.1) is 0 Å². The monoisotopic (exact) mass is 417 g/mol. The second-order valence-electron chi connectivity index (χ2n) is 8.54. The van der Waals surface area contributed by atoms with E-state index in [4.69, 9.17) is 0 Å². The molecule has 1 aromatic heterocycles. The van der Waals surface area contributed by atoms with Crippen molar-refractivity contribution >= 4 is 0 Å². The van der Waals surface area contributed by atoms with Crippen molar-refractivity contribution in [1.29, 1.82) is 0 Å². The van der Waals surface area contributed by atoms with Crippen LogP contribution in [-0.4, -0.2) is 4.98 Å². The SMILES string of the molecule is CCCCCCCc1ccc(-c2ccc(-c3ccc(CCCCC)cc3)cc2)c(F)n1. The third kappa shape index (κ3) is 7.02. The first-order valence-corrected chi connectivity index (χ1v) is 12.1. The minimum Gasteiger partial charge on any atom is -0.224 e. The van der Waals surface area contributed by atoms with Crippen molar-refractivity contribution < 1.29 is 4.39 Å². The van der Waals surface area contributed by atoms with Gasteiger partial charge in [-0.15, -0.1) is 0 Å². The van der Waals surface area contributed by atoms with E-state index in [0.717, 1.165) is 36.1 Å². The van der Waals surface area contributed by atoms with Gasteiger partial charge in [-0.25, -0.2) is 4.98 Å². The van der Waals surface area contributed by atoms with Crippen LogP contribution in [0.15, 0.2) is 60.7 Å². The van der Waals surface area contributed by atoms with Gasteiger partial charge in [-0.2, -0.15) is 4.39 Å². The largest absolute Gasteiger partial charge is 0.224 e. The molecule has 0 spiro atoms. The summed E-state index contributed by atoms with van der Waals surface area (Å²) in [5.74, 6) is -0.366. The highest BCUT2D eigenvalue weighted by molar-refractivity contribution is 5.70. The van der Waals surface area contributed by atoms with Crippen LogP contribution < -0.4 is 0 Å². The molecule has 3 rings (SSSR count). The van der Waals surface area contributed by atoms with Crippen LogP contribution in [0.5, 0.6) is 0 Å². The molecule has 164 valence electrons. The highest BCUT2D eigenvalue weighted by atomic mass is 19.1. The molecule has 1 nitrogen and oxygen atoms in total. The highest BCUT2D eigenvalue weighted by Crippen LogP contribution is 2.27. The Balaban J connectivity index is 1.61. The summed E-state index contributed by atoms with van der Waals surface area (Å²) in [6.45, 7) is 4.45. The molecule has 0 unspecified atom stereocenters. The number of halogens is 1. The molecule has 3 aromatic rings. The van der Waals surface area contributed by atoms with E-state index in [2.05, 4.69) is 55.2 Å². The van der Waals surface area contributed by atoms with Gasteiger partial charge in [0.2, 0.25) is 5.95 Å². The van der Waals surface area contributed by atoms with E-state index in [1.807, 2.05) is 24.3 Å². The zero-order valence-corrected chi connectivity index (χ0v) is 19.2. The van der Waals surface area contributed by atoms with Crippen LogP contribution in [0, 0.1) is 5.95 Å². The Morgan fingerprint density at radius 3 is 1.77 bits per heavy atom. The lowest BCUT2D eigenvalue weighted by Gasteiger charge is -2.08. The minimum absolute atomic E-state index is 0.366. The number of benzene rings is 2. The zero-order chi connectivity index (χ0) is 21.9. The molecule has 0 aliphatic heterocycles. The Bertz CT molecular complexity index is 912. The molecule has 0 radical (unpaired) electrons. The van der Waals surface area contributed by atoms with Crippen molar-refractivity contribution in [3.05, 3.63) is 77.9 Å². The van der Waals surface area contributed by atoms with Crippen LogP contribution in [0.25, 0.3) is 22.3 Å². The minimum atomic E-state index is -0.366. The summed E-state index contributed by atoms with van der Waals surface area (Å²) >= 11 is 0. The molecule has 31 heavy (non-hydrogen) atoms. The molecule has 0 aliphatic carbocycles. The Labute approximate surface area is 187 Å². The molecule has 0 bridgehead atoms. The van der Waals surface area contributed by atoms with Crippen molar-refractivity contribution in [2.45, 2.75) is 78.1 Å². The fourth-order valence-corrected chi connectivity index (χ4v) is 4.02. The van der Waals surface area contributed by atoms with Crippen LogP contribution >= 0.6 is 0 Å². The summed E-state index contributed by atoms with van der Waals surface area (Å²) in [5.41, 5.74) is 6.05.